The molecule has 150 valence electrons. The first-order chi connectivity index (χ1) is 14.1. The Hall–Kier alpha value is -3.48. The second-order valence-corrected chi connectivity index (χ2v) is 6.42. The van der Waals surface area contributed by atoms with Gasteiger partial charge in [-0.2, -0.15) is 0 Å². The highest BCUT2D eigenvalue weighted by molar-refractivity contribution is 5.98. The van der Waals surface area contributed by atoms with Crippen LogP contribution in [0.2, 0.25) is 0 Å². The lowest BCUT2D eigenvalue weighted by atomic mass is 10.1. The highest BCUT2D eigenvalue weighted by Crippen LogP contribution is 2.13. The van der Waals surface area contributed by atoms with Crippen molar-refractivity contribution < 1.29 is 19.1 Å². The number of Topliss-reactive ketones (excluding diaryl/α,β-unsaturated/α-hetero) is 1. The standard InChI is InChI=1S/C22H22N2O5/c1-2-28-16-12-10-15(11-13-16)19(25)14-29-21(26)9-5-8-20-23-18-7-4-3-6-17(18)22(27)24-20/h3-4,6-7,10-13H,2,5,8-9,14H2,1H3,(H,23,24,27). The number of nitrogens with zero attached hydrogens (tertiary/aromatic N) is 1. The summed E-state index contributed by atoms with van der Waals surface area (Å²) < 4.78 is 10.4. The van der Waals surface area contributed by atoms with Gasteiger partial charge in [0.05, 0.1) is 17.5 Å². The Labute approximate surface area is 167 Å². The van der Waals surface area contributed by atoms with Crippen molar-refractivity contribution in [2.75, 3.05) is 13.2 Å². The molecule has 0 saturated carbocycles. The van der Waals surface area contributed by atoms with E-state index in [9.17, 15) is 14.4 Å². The van der Waals surface area contributed by atoms with Gasteiger partial charge in [-0.25, -0.2) is 4.98 Å². The minimum absolute atomic E-state index is 0.132. The maximum Gasteiger partial charge on any atom is 0.306 e. The summed E-state index contributed by atoms with van der Waals surface area (Å²) in [4.78, 5) is 43.2. The van der Waals surface area contributed by atoms with Crippen molar-refractivity contribution in [1.82, 2.24) is 9.97 Å². The quantitative estimate of drug-likeness (QED) is 0.442. The molecule has 2 aromatic carbocycles. The molecule has 1 aromatic heterocycles. The SMILES string of the molecule is CCOc1ccc(C(=O)COC(=O)CCCc2nc3ccccc3c(=O)[nH]2)cc1. The summed E-state index contributed by atoms with van der Waals surface area (Å²) in [6.45, 7) is 2.12. The molecule has 0 amide bonds. The van der Waals surface area contributed by atoms with Crippen LogP contribution < -0.4 is 10.3 Å². The number of carbonyl (C=O) groups excluding carboxylic acids is 2. The molecule has 7 heteroatoms. The van der Waals surface area contributed by atoms with E-state index in [4.69, 9.17) is 9.47 Å². The average molecular weight is 394 g/mol. The number of ketones is 1. The van der Waals surface area contributed by atoms with Gasteiger partial charge in [-0.3, -0.25) is 14.4 Å². The van der Waals surface area contributed by atoms with E-state index in [0.29, 0.717) is 47.5 Å². The summed E-state index contributed by atoms with van der Waals surface area (Å²) >= 11 is 0. The van der Waals surface area contributed by atoms with E-state index in [2.05, 4.69) is 9.97 Å². The molecule has 1 heterocycles. The molecule has 0 aliphatic carbocycles. The minimum atomic E-state index is -0.465. The van der Waals surface area contributed by atoms with Gasteiger partial charge in [-0.15, -0.1) is 0 Å². The fourth-order valence-corrected chi connectivity index (χ4v) is 2.86. The van der Waals surface area contributed by atoms with E-state index in [-0.39, 0.29) is 24.4 Å². The van der Waals surface area contributed by atoms with E-state index in [1.165, 1.54) is 0 Å². The van der Waals surface area contributed by atoms with Crippen LogP contribution in [0.1, 0.15) is 35.9 Å². The molecular weight excluding hydrogens is 372 g/mol. The first-order valence-corrected chi connectivity index (χ1v) is 9.46. The Bertz CT molecular complexity index is 1060. The molecule has 0 aliphatic rings. The Morgan fingerprint density at radius 1 is 1.07 bits per heavy atom. The number of fused-ring (bicyclic) bond motifs is 1. The van der Waals surface area contributed by atoms with Crippen molar-refractivity contribution in [3.63, 3.8) is 0 Å². The zero-order valence-corrected chi connectivity index (χ0v) is 16.1. The smallest absolute Gasteiger partial charge is 0.306 e. The number of rotatable bonds is 9. The zero-order chi connectivity index (χ0) is 20.6. The highest BCUT2D eigenvalue weighted by atomic mass is 16.5. The van der Waals surface area contributed by atoms with Crippen LogP contribution in [0.25, 0.3) is 10.9 Å². The van der Waals surface area contributed by atoms with Crippen LogP contribution in [0.5, 0.6) is 5.75 Å². The predicted octanol–water partition coefficient (Wildman–Crippen LogP) is 3.07. The summed E-state index contributed by atoms with van der Waals surface area (Å²) in [5.41, 5.74) is 0.878. The number of nitrogens with one attached hydrogen (secondary N) is 1. The number of benzene rings is 2. The lowest BCUT2D eigenvalue weighted by Crippen LogP contribution is -2.15. The van der Waals surface area contributed by atoms with Crippen LogP contribution in [0.15, 0.2) is 53.3 Å². The monoisotopic (exact) mass is 394 g/mol. The predicted molar refractivity (Wildman–Crippen MR) is 108 cm³/mol. The number of ether oxygens (including phenoxy) is 2. The molecule has 1 N–H and O–H groups in total. The molecule has 0 spiro atoms. The molecule has 29 heavy (non-hydrogen) atoms. The molecule has 0 atom stereocenters. The van der Waals surface area contributed by atoms with Crippen molar-refractivity contribution in [2.24, 2.45) is 0 Å². The van der Waals surface area contributed by atoms with Crippen molar-refractivity contribution in [3.8, 4) is 5.75 Å². The fraction of sp³-hybridized carbons (Fsp3) is 0.273. The summed E-state index contributed by atoms with van der Waals surface area (Å²) in [5.74, 6) is 0.461. The third-order valence-corrected chi connectivity index (χ3v) is 4.31. The summed E-state index contributed by atoms with van der Waals surface area (Å²) in [7, 11) is 0. The Morgan fingerprint density at radius 3 is 2.59 bits per heavy atom. The van der Waals surface area contributed by atoms with Crippen LogP contribution in [0.4, 0.5) is 0 Å². The van der Waals surface area contributed by atoms with Crippen molar-refractivity contribution >= 4 is 22.7 Å². The molecule has 0 unspecified atom stereocenters. The normalized spacial score (nSPS) is 10.7. The number of aromatic nitrogens is 2. The number of aryl methyl sites for hydroxylation is 1. The van der Waals surface area contributed by atoms with Crippen LogP contribution in [0.3, 0.4) is 0 Å². The van der Waals surface area contributed by atoms with Gasteiger partial charge in [0.25, 0.3) is 5.56 Å². The van der Waals surface area contributed by atoms with E-state index in [1.807, 2.05) is 13.0 Å². The van der Waals surface area contributed by atoms with E-state index < -0.39 is 5.97 Å². The number of H-pyrrole nitrogens is 1. The van der Waals surface area contributed by atoms with Gasteiger partial charge in [0, 0.05) is 18.4 Å². The van der Waals surface area contributed by atoms with Crippen molar-refractivity contribution in [1.29, 1.82) is 0 Å². The molecule has 0 saturated heterocycles. The number of carbonyl (C=O) groups is 2. The summed E-state index contributed by atoms with van der Waals surface area (Å²) in [6, 6.07) is 13.8. The van der Waals surface area contributed by atoms with Crippen LogP contribution in [-0.2, 0) is 16.0 Å². The third-order valence-electron chi connectivity index (χ3n) is 4.31. The van der Waals surface area contributed by atoms with Crippen LogP contribution in [0, 0.1) is 0 Å². The average Bonchev–Trinajstić information content (AvgIpc) is 2.73. The lowest BCUT2D eigenvalue weighted by Gasteiger charge is -2.06. The molecule has 7 nitrogen and oxygen atoms in total. The third kappa shape index (κ3) is 5.51. The van der Waals surface area contributed by atoms with Gasteiger partial charge in [-0.05, 0) is 49.7 Å². The molecule has 3 rings (SSSR count). The van der Waals surface area contributed by atoms with Gasteiger partial charge >= 0.3 is 5.97 Å². The number of para-hydroxylation sites is 1. The zero-order valence-electron chi connectivity index (χ0n) is 16.1. The topological polar surface area (TPSA) is 98.3 Å². The molecule has 0 bridgehead atoms. The van der Waals surface area contributed by atoms with Gasteiger partial charge < -0.3 is 14.5 Å². The first-order valence-electron chi connectivity index (χ1n) is 9.46. The van der Waals surface area contributed by atoms with Crippen molar-refractivity contribution in [2.45, 2.75) is 26.2 Å². The van der Waals surface area contributed by atoms with Crippen LogP contribution >= 0.6 is 0 Å². The lowest BCUT2D eigenvalue weighted by molar-refractivity contribution is -0.142. The van der Waals surface area contributed by atoms with Gasteiger partial charge in [0.2, 0.25) is 0 Å². The maximum atomic E-state index is 12.1. The van der Waals surface area contributed by atoms with Gasteiger partial charge in [0.1, 0.15) is 11.6 Å². The molecule has 0 radical (unpaired) electrons. The van der Waals surface area contributed by atoms with E-state index in [0.717, 1.165) is 0 Å². The minimum Gasteiger partial charge on any atom is -0.494 e. The van der Waals surface area contributed by atoms with E-state index in [1.54, 1.807) is 42.5 Å². The Morgan fingerprint density at radius 2 is 1.83 bits per heavy atom. The molecule has 0 fully saturated rings. The molecule has 0 aliphatic heterocycles. The molecule has 3 aromatic rings. The van der Waals surface area contributed by atoms with Crippen LogP contribution in [-0.4, -0.2) is 34.9 Å². The summed E-state index contributed by atoms with van der Waals surface area (Å²) in [6.07, 6.45) is 1.02. The fourth-order valence-electron chi connectivity index (χ4n) is 2.86. The van der Waals surface area contributed by atoms with Gasteiger partial charge in [-0.1, -0.05) is 12.1 Å². The molecular formula is C22H22N2O5. The Balaban J connectivity index is 1.45. The summed E-state index contributed by atoms with van der Waals surface area (Å²) in [5, 5.41) is 0.531. The highest BCUT2D eigenvalue weighted by Gasteiger charge is 2.11. The van der Waals surface area contributed by atoms with Crippen molar-refractivity contribution in [3.05, 3.63) is 70.3 Å². The number of hydrogen-bond acceptors (Lipinski definition) is 6. The number of hydrogen-bond donors (Lipinski definition) is 1. The van der Waals surface area contributed by atoms with Gasteiger partial charge in [0.15, 0.2) is 12.4 Å². The second-order valence-electron chi connectivity index (χ2n) is 6.42. The maximum absolute atomic E-state index is 12.1. The van der Waals surface area contributed by atoms with E-state index >= 15 is 0 Å². The number of aromatic amines is 1. The largest absolute Gasteiger partial charge is 0.494 e. The first kappa shape index (κ1) is 20.3. The second kappa shape index (κ2) is 9.64. The number of esters is 1. The Kier molecular flexibility index (Phi) is 6.73.